The van der Waals surface area contributed by atoms with E-state index in [2.05, 4.69) is 4.98 Å². The summed E-state index contributed by atoms with van der Waals surface area (Å²) in [5.74, 6) is 0. The lowest BCUT2D eigenvalue weighted by Crippen LogP contribution is -2.03. The van der Waals surface area contributed by atoms with E-state index < -0.39 is 0 Å². The molecule has 3 heteroatoms. The van der Waals surface area contributed by atoms with Gasteiger partial charge in [0.1, 0.15) is 0 Å². The van der Waals surface area contributed by atoms with Crippen LogP contribution in [0.2, 0.25) is 0 Å². The highest BCUT2D eigenvalue weighted by Gasteiger charge is 1.91. The van der Waals surface area contributed by atoms with Gasteiger partial charge in [0.05, 0.1) is 19.8 Å². The van der Waals surface area contributed by atoms with Crippen LogP contribution in [-0.4, -0.2) is 29.9 Å². The lowest BCUT2D eigenvalue weighted by atomic mass is 10.3. The van der Waals surface area contributed by atoms with E-state index in [0.29, 0.717) is 13.2 Å². The van der Waals surface area contributed by atoms with Crippen molar-refractivity contribution in [3.05, 3.63) is 30.1 Å². The lowest BCUT2D eigenvalue weighted by Gasteiger charge is -2.00. The summed E-state index contributed by atoms with van der Waals surface area (Å²) in [6, 6.07) is 5.80. The molecule has 0 fully saturated rings. The Labute approximate surface area is 72.0 Å². The Balaban J connectivity index is 2.16. The third-order valence-corrected chi connectivity index (χ3v) is 1.46. The van der Waals surface area contributed by atoms with Gasteiger partial charge in [-0.25, -0.2) is 0 Å². The molecule has 0 aliphatic carbocycles. The fourth-order valence-corrected chi connectivity index (χ4v) is 0.889. The Morgan fingerprint density at radius 3 is 2.92 bits per heavy atom. The minimum Gasteiger partial charge on any atom is -0.394 e. The second-order valence-corrected chi connectivity index (χ2v) is 2.41. The van der Waals surface area contributed by atoms with Gasteiger partial charge < -0.3 is 9.84 Å². The van der Waals surface area contributed by atoms with Gasteiger partial charge in [0.2, 0.25) is 0 Å². The summed E-state index contributed by atoms with van der Waals surface area (Å²) in [7, 11) is 0. The Kier molecular flexibility index (Phi) is 4.34. The van der Waals surface area contributed by atoms with Gasteiger partial charge in [0.15, 0.2) is 0 Å². The average Bonchev–Trinajstić information content (AvgIpc) is 2.14. The second-order valence-electron chi connectivity index (χ2n) is 2.41. The molecule has 0 aliphatic rings. The third-order valence-electron chi connectivity index (χ3n) is 1.46. The van der Waals surface area contributed by atoms with Crippen LogP contribution in [0.3, 0.4) is 0 Å². The fraction of sp³-hybridized carbons (Fsp3) is 0.444. The topological polar surface area (TPSA) is 42.4 Å². The van der Waals surface area contributed by atoms with Crippen LogP contribution >= 0.6 is 0 Å². The molecule has 1 aromatic heterocycles. The zero-order valence-electron chi connectivity index (χ0n) is 6.94. The summed E-state index contributed by atoms with van der Waals surface area (Å²) in [6.07, 6.45) is 2.57. The predicted octanol–water partition coefficient (Wildman–Crippen LogP) is 0.633. The number of pyridine rings is 1. The summed E-state index contributed by atoms with van der Waals surface area (Å²) < 4.78 is 5.10. The molecule has 0 spiro atoms. The monoisotopic (exact) mass is 167 g/mol. The highest BCUT2D eigenvalue weighted by atomic mass is 16.5. The zero-order chi connectivity index (χ0) is 8.65. The summed E-state index contributed by atoms with van der Waals surface area (Å²) >= 11 is 0. The molecule has 0 amide bonds. The first-order valence-electron chi connectivity index (χ1n) is 4.02. The molecular weight excluding hydrogens is 154 g/mol. The quantitative estimate of drug-likeness (QED) is 0.654. The van der Waals surface area contributed by atoms with Crippen molar-refractivity contribution in [3.63, 3.8) is 0 Å². The molecule has 0 radical (unpaired) electrons. The Bertz CT molecular complexity index is 201. The van der Waals surface area contributed by atoms with Gasteiger partial charge in [-0.05, 0) is 12.1 Å². The van der Waals surface area contributed by atoms with Gasteiger partial charge in [-0.3, -0.25) is 4.98 Å². The molecule has 1 aromatic rings. The van der Waals surface area contributed by atoms with E-state index in [1.165, 1.54) is 0 Å². The summed E-state index contributed by atoms with van der Waals surface area (Å²) in [5, 5.41) is 8.42. The number of nitrogens with zero attached hydrogens (tertiary/aromatic N) is 1. The number of aliphatic hydroxyl groups is 1. The van der Waals surface area contributed by atoms with Crippen molar-refractivity contribution in [3.8, 4) is 0 Å². The lowest BCUT2D eigenvalue weighted by molar-refractivity contribution is 0.0940. The molecule has 0 unspecified atom stereocenters. The highest BCUT2D eigenvalue weighted by molar-refractivity contribution is 5.03. The number of hydrogen-bond acceptors (Lipinski definition) is 3. The number of aromatic nitrogens is 1. The maximum atomic E-state index is 8.42. The van der Waals surface area contributed by atoms with Gasteiger partial charge in [0.25, 0.3) is 0 Å². The van der Waals surface area contributed by atoms with Crippen molar-refractivity contribution >= 4 is 0 Å². The molecule has 0 aromatic carbocycles. The van der Waals surface area contributed by atoms with E-state index in [9.17, 15) is 0 Å². The van der Waals surface area contributed by atoms with Gasteiger partial charge in [0, 0.05) is 18.3 Å². The molecule has 0 aliphatic heterocycles. The van der Waals surface area contributed by atoms with Gasteiger partial charge >= 0.3 is 0 Å². The van der Waals surface area contributed by atoms with Gasteiger partial charge in [-0.1, -0.05) is 6.07 Å². The van der Waals surface area contributed by atoms with Gasteiger partial charge in [-0.2, -0.15) is 0 Å². The molecule has 0 atom stereocenters. The Hall–Kier alpha value is -0.930. The molecule has 66 valence electrons. The van der Waals surface area contributed by atoms with Crippen LogP contribution in [0.4, 0.5) is 0 Å². The predicted molar refractivity (Wildman–Crippen MR) is 45.8 cm³/mol. The molecule has 1 N–H and O–H groups in total. The standard InChI is InChI=1S/C9H13NO2/c11-6-8-12-7-4-9-3-1-2-5-10-9/h1-3,5,11H,4,6-8H2. The number of ether oxygens (including phenoxy) is 1. The molecule has 1 rings (SSSR count). The molecule has 0 bridgehead atoms. The summed E-state index contributed by atoms with van der Waals surface area (Å²) in [6.45, 7) is 1.12. The van der Waals surface area contributed by atoms with E-state index in [1.54, 1.807) is 6.20 Å². The maximum Gasteiger partial charge on any atom is 0.0697 e. The second kappa shape index (κ2) is 5.69. The smallest absolute Gasteiger partial charge is 0.0697 e. The molecule has 12 heavy (non-hydrogen) atoms. The fourth-order valence-electron chi connectivity index (χ4n) is 0.889. The van der Waals surface area contributed by atoms with Crippen LogP contribution < -0.4 is 0 Å². The molecule has 0 saturated carbocycles. The number of rotatable bonds is 5. The Morgan fingerprint density at radius 2 is 2.25 bits per heavy atom. The van der Waals surface area contributed by atoms with Crippen molar-refractivity contribution in [2.45, 2.75) is 6.42 Å². The molecular formula is C9H13NO2. The first-order valence-corrected chi connectivity index (χ1v) is 4.02. The normalized spacial score (nSPS) is 10.1. The van der Waals surface area contributed by atoms with Crippen molar-refractivity contribution < 1.29 is 9.84 Å². The van der Waals surface area contributed by atoms with E-state index in [0.717, 1.165) is 12.1 Å². The Morgan fingerprint density at radius 1 is 1.33 bits per heavy atom. The van der Waals surface area contributed by atoms with E-state index >= 15 is 0 Å². The zero-order valence-corrected chi connectivity index (χ0v) is 6.94. The van der Waals surface area contributed by atoms with Crippen LogP contribution in [0.25, 0.3) is 0 Å². The number of aliphatic hydroxyl groups excluding tert-OH is 1. The first-order chi connectivity index (χ1) is 5.93. The number of hydrogen-bond donors (Lipinski definition) is 1. The largest absolute Gasteiger partial charge is 0.394 e. The summed E-state index contributed by atoms with van der Waals surface area (Å²) in [4.78, 5) is 4.13. The van der Waals surface area contributed by atoms with Crippen molar-refractivity contribution in [1.82, 2.24) is 4.98 Å². The highest BCUT2D eigenvalue weighted by Crippen LogP contribution is 1.94. The van der Waals surface area contributed by atoms with E-state index in [4.69, 9.17) is 9.84 Å². The SMILES string of the molecule is OCCOCCc1ccccn1. The van der Waals surface area contributed by atoms with E-state index in [-0.39, 0.29) is 6.61 Å². The van der Waals surface area contributed by atoms with Crippen LogP contribution in [0.5, 0.6) is 0 Å². The van der Waals surface area contributed by atoms with Crippen molar-refractivity contribution in [2.75, 3.05) is 19.8 Å². The van der Waals surface area contributed by atoms with Crippen LogP contribution in [0.15, 0.2) is 24.4 Å². The molecule has 0 saturated heterocycles. The minimum atomic E-state index is 0.0855. The van der Waals surface area contributed by atoms with Gasteiger partial charge in [-0.15, -0.1) is 0 Å². The van der Waals surface area contributed by atoms with E-state index in [1.807, 2.05) is 18.2 Å². The van der Waals surface area contributed by atoms with Crippen molar-refractivity contribution in [1.29, 1.82) is 0 Å². The van der Waals surface area contributed by atoms with Crippen LogP contribution in [0.1, 0.15) is 5.69 Å². The minimum absolute atomic E-state index is 0.0855. The summed E-state index contributed by atoms with van der Waals surface area (Å²) in [5.41, 5.74) is 1.02. The molecule has 3 nitrogen and oxygen atoms in total. The average molecular weight is 167 g/mol. The van der Waals surface area contributed by atoms with Crippen molar-refractivity contribution in [2.24, 2.45) is 0 Å². The maximum absolute atomic E-state index is 8.42. The molecule has 1 heterocycles. The third kappa shape index (κ3) is 3.46. The van der Waals surface area contributed by atoms with Crippen LogP contribution in [0, 0.1) is 0 Å². The first kappa shape index (κ1) is 9.16. The van der Waals surface area contributed by atoms with Crippen LogP contribution in [-0.2, 0) is 11.2 Å².